The highest BCUT2D eigenvalue weighted by Gasteiger charge is 2.08. The first kappa shape index (κ1) is 13.3. The van der Waals surface area contributed by atoms with Crippen molar-refractivity contribution < 1.29 is 18.0 Å². The van der Waals surface area contributed by atoms with Crippen molar-refractivity contribution in [3.8, 4) is 0 Å². The monoisotopic (exact) mass is 284 g/mol. The van der Waals surface area contributed by atoms with Crippen LogP contribution in [0.5, 0.6) is 0 Å². The average Bonchev–Trinajstić information content (AvgIpc) is 2.80. The molecule has 1 aromatic heterocycles. The molecule has 19 heavy (non-hydrogen) atoms. The molecule has 0 unspecified atom stereocenters. The second kappa shape index (κ2) is 5.66. The molecule has 3 nitrogen and oxygen atoms in total. The van der Waals surface area contributed by atoms with Gasteiger partial charge in [-0.3, -0.25) is 4.79 Å². The van der Waals surface area contributed by atoms with E-state index < -0.39 is 22.7 Å². The summed E-state index contributed by atoms with van der Waals surface area (Å²) in [6.07, 6.45) is 0.972. The number of hydrazone groups is 1. The fourth-order valence-electron chi connectivity index (χ4n) is 1.27. The molecule has 0 aliphatic heterocycles. The van der Waals surface area contributed by atoms with E-state index in [1.807, 2.05) is 0 Å². The number of hydrogen-bond donors (Lipinski definition) is 1. The maximum atomic E-state index is 13.2. The number of benzene rings is 1. The Morgan fingerprint density at radius 3 is 2.68 bits per heavy atom. The number of nitrogens with zero attached hydrogens (tertiary/aromatic N) is 1. The van der Waals surface area contributed by atoms with Crippen LogP contribution in [0.1, 0.15) is 15.2 Å². The Morgan fingerprint density at radius 2 is 2.00 bits per heavy atom. The van der Waals surface area contributed by atoms with Gasteiger partial charge in [0, 0.05) is 5.56 Å². The van der Waals surface area contributed by atoms with Gasteiger partial charge in [-0.1, -0.05) is 0 Å². The van der Waals surface area contributed by atoms with Crippen LogP contribution in [-0.4, -0.2) is 12.1 Å². The summed E-state index contributed by atoms with van der Waals surface area (Å²) in [6.45, 7) is 0. The average molecular weight is 284 g/mol. The molecule has 0 aliphatic rings. The first-order valence-electron chi connectivity index (χ1n) is 5.10. The molecule has 98 valence electrons. The molecule has 0 fully saturated rings. The minimum absolute atomic E-state index is 0.0994. The highest BCUT2D eigenvalue weighted by Crippen LogP contribution is 2.13. The van der Waals surface area contributed by atoms with Gasteiger partial charge in [0.2, 0.25) is 0 Å². The fourth-order valence-corrected chi connectivity index (χ4v) is 1.89. The maximum Gasteiger partial charge on any atom is 0.281 e. The molecular weight excluding hydrogens is 277 g/mol. The van der Waals surface area contributed by atoms with Crippen LogP contribution < -0.4 is 5.43 Å². The molecule has 1 amide bonds. The third kappa shape index (κ3) is 3.41. The number of thiophene rings is 1. The molecule has 1 N–H and O–H groups in total. The summed E-state index contributed by atoms with van der Waals surface area (Å²) in [5.41, 5.74) is 1.99. The first-order valence-corrected chi connectivity index (χ1v) is 5.92. The fraction of sp³-hybridized carbons (Fsp3) is 0. The zero-order chi connectivity index (χ0) is 13.8. The van der Waals surface area contributed by atoms with Crippen LogP contribution in [0.15, 0.2) is 35.4 Å². The van der Waals surface area contributed by atoms with Gasteiger partial charge in [-0.05, 0) is 30.3 Å². The van der Waals surface area contributed by atoms with E-state index in [1.165, 1.54) is 6.07 Å². The summed E-state index contributed by atoms with van der Waals surface area (Å²) in [5, 5.41) is 2.99. The lowest BCUT2D eigenvalue weighted by Gasteiger charge is -1.97. The van der Waals surface area contributed by atoms with Crippen molar-refractivity contribution in [3.05, 3.63) is 57.5 Å². The van der Waals surface area contributed by atoms with E-state index >= 15 is 0 Å². The van der Waals surface area contributed by atoms with E-state index in [4.69, 9.17) is 0 Å². The summed E-state index contributed by atoms with van der Waals surface area (Å²) in [5.74, 6) is -1.90. The smallest absolute Gasteiger partial charge is 0.266 e. The van der Waals surface area contributed by atoms with Crippen molar-refractivity contribution in [2.75, 3.05) is 0 Å². The molecular formula is C12H7F3N2OS. The summed E-state index contributed by atoms with van der Waals surface area (Å²) >= 11 is 0.661. The Labute approximate surface area is 110 Å². The Morgan fingerprint density at radius 1 is 1.21 bits per heavy atom. The number of amides is 1. The van der Waals surface area contributed by atoms with Crippen molar-refractivity contribution in [2.45, 2.75) is 0 Å². The molecule has 0 spiro atoms. The summed E-state index contributed by atoms with van der Waals surface area (Å²) in [6, 6.07) is 5.31. The van der Waals surface area contributed by atoms with Gasteiger partial charge < -0.3 is 0 Å². The van der Waals surface area contributed by atoms with Crippen molar-refractivity contribution in [2.24, 2.45) is 5.10 Å². The van der Waals surface area contributed by atoms with Gasteiger partial charge in [0.15, 0.2) is 5.13 Å². The zero-order valence-electron chi connectivity index (χ0n) is 9.36. The predicted molar refractivity (Wildman–Crippen MR) is 65.7 cm³/mol. The molecule has 2 aromatic rings. The highest BCUT2D eigenvalue weighted by atomic mass is 32.1. The molecule has 0 bridgehead atoms. The number of rotatable bonds is 3. The Balaban J connectivity index is 2.04. The third-order valence-corrected chi connectivity index (χ3v) is 3.00. The molecule has 1 aromatic carbocycles. The second-order valence-electron chi connectivity index (χ2n) is 3.47. The topological polar surface area (TPSA) is 41.5 Å². The number of carbonyl (C=O) groups is 1. The summed E-state index contributed by atoms with van der Waals surface area (Å²) in [7, 11) is 0. The van der Waals surface area contributed by atoms with Crippen LogP contribution in [0.3, 0.4) is 0 Å². The lowest BCUT2D eigenvalue weighted by Crippen LogP contribution is -2.16. The third-order valence-electron chi connectivity index (χ3n) is 2.12. The van der Waals surface area contributed by atoms with Crippen LogP contribution in [0.2, 0.25) is 0 Å². The van der Waals surface area contributed by atoms with Gasteiger partial charge in [0.1, 0.15) is 11.6 Å². The van der Waals surface area contributed by atoms with Crippen molar-refractivity contribution in [1.29, 1.82) is 0 Å². The number of hydrogen-bond acceptors (Lipinski definition) is 3. The lowest BCUT2D eigenvalue weighted by molar-refractivity contribution is 0.0959. The van der Waals surface area contributed by atoms with Crippen LogP contribution in [0.25, 0.3) is 0 Å². The highest BCUT2D eigenvalue weighted by molar-refractivity contribution is 7.12. The van der Waals surface area contributed by atoms with Gasteiger partial charge in [0.25, 0.3) is 5.91 Å². The lowest BCUT2D eigenvalue weighted by atomic mass is 10.2. The predicted octanol–water partition coefficient (Wildman–Crippen LogP) is 2.93. The normalized spacial score (nSPS) is 10.9. The van der Waals surface area contributed by atoms with E-state index in [9.17, 15) is 18.0 Å². The minimum Gasteiger partial charge on any atom is -0.266 e. The van der Waals surface area contributed by atoms with Gasteiger partial charge in [0.05, 0.1) is 11.1 Å². The van der Waals surface area contributed by atoms with Crippen LogP contribution in [0, 0.1) is 16.8 Å². The van der Waals surface area contributed by atoms with Crippen molar-refractivity contribution in [1.82, 2.24) is 5.43 Å². The molecule has 7 heteroatoms. The second-order valence-corrected chi connectivity index (χ2v) is 4.50. The molecule has 0 atom stereocenters. The van der Waals surface area contributed by atoms with Gasteiger partial charge in [-0.25, -0.2) is 14.2 Å². The number of nitrogens with one attached hydrogen (secondary N) is 1. The first-order chi connectivity index (χ1) is 9.06. The molecule has 0 saturated carbocycles. The summed E-state index contributed by atoms with van der Waals surface area (Å²) in [4.78, 5) is 11.6. The molecule has 0 aliphatic carbocycles. The van der Waals surface area contributed by atoms with Crippen LogP contribution in [-0.2, 0) is 0 Å². The van der Waals surface area contributed by atoms with Gasteiger partial charge in [-0.15, -0.1) is 11.3 Å². The van der Waals surface area contributed by atoms with Crippen LogP contribution in [0.4, 0.5) is 13.2 Å². The quantitative estimate of drug-likeness (QED) is 0.683. The number of carbonyl (C=O) groups excluding carboxylic acids is 1. The van der Waals surface area contributed by atoms with E-state index in [-0.39, 0.29) is 10.4 Å². The van der Waals surface area contributed by atoms with Crippen molar-refractivity contribution >= 4 is 23.5 Å². The minimum atomic E-state index is -0.665. The molecule has 0 radical (unpaired) electrons. The maximum absolute atomic E-state index is 13.2. The van der Waals surface area contributed by atoms with Gasteiger partial charge >= 0.3 is 0 Å². The van der Waals surface area contributed by atoms with Gasteiger partial charge in [-0.2, -0.15) is 9.49 Å². The summed E-state index contributed by atoms with van der Waals surface area (Å²) < 4.78 is 38.7. The Bertz CT molecular complexity index is 640. The number of halogens is 3. The molecule has 1 heterocycles. The molecule has 0 saturated heterocycles. The van der Waals surface area contributed by atoms with Crippen molar-refractivity contribution in [3.63, 3.8) is 0 Å². The molecule has 2 rings (SSSR count). The Hall–Kier alpha value is -2.15. The van der Waals surface area contributed by atoms with E-state index in [2.05, 4.69) is 10.5 Å². The van der Waals surface area contributed by atoms with E-state index in [1.54, 1.807) is 0 Å². The Kier molecular flexibility index (Phi) is 3.96. The standard InChI is InChI=1S/C12H7F3N2OS/c13-8-1-2-9(14)7(5-8)6-16-17-12(18)10-3-4-11(15)19-10/h1-6H,(H,17,18)/b16-6+. The zero-order valence-corrected chi connectivity index (χ0v) is 10.2. The largest absolute Gasteiger partial charge is 0.281 e. The SMILES string of the molecule is O=C(N/N=C/c1cc(F)ccc1F)c1ccc(F)s1. The van der Waals surface area contributed by atoms with E-state index in [0.29, 0.717) is 11.3 Å². The van der Waals surface area contributed by atoms with Crippen LogP contribution >= 0.6 is 11.3 Å². The van der Waals surface area contributed by atoms with E-state index in [0.717, 1.165) is 30.5 Å².